The average molecular weight is 401 g/mol. The van der Waals surface area contributed by atoms with E-state index in [1.54, 1.807) is 56.3 Å². The van der Waals surface area contributed by atoms with E-state index < -0.39 is 15.6 Å². The fraction of sp³-hybridized carbons (Fsp3) is 0.400. The van der Waals surface area contributed by atoms with E-state index in [0.29, 0.717) is 39.6 Å². The van der Waals surface area contributed by atoms with Gasteiger partial charge in [0.1, 0.15) is 5.75 Å². The van der Waals surface area contributed by atoms with E-state index in [4.69, 9.17) is 4.74 Å². The third kappa shape index (κ3) is 2.55. The predicted molar refractivity (Wildman–Crippen MR) is 104 cm³/mol. The van der Waals surface area contributed by atoms with Crippen LogP contribution in [0.4, 0.5) is 0 Å². The maximum atomic E-state index is 13.5. The molecule has 1 atom stereocenters. The first-order valence-corrected chi connectivity index (χ1v) is 10.6. The van der Waals surface area contributed by atoms with E-state index in [9.17, 15) is 13.2 Å². The average Bonchev–Trinajstić information content (AvgIpc) is 2.88. The molecular formula is C20H23N3O4S. The molecule has 1 aromatic heterocycles. The minimum atomic E-state index is -3.73. The van der Waals surface area contributed by atoms with E-state index in [1.807, 2.05) is 6.92 Å². The molecule has 7 nitrogen and oxygen atoms in total. The monoisotopic (exact) mass is 401 g/mol. The molecule has 2 aromatic rings. The van der Waals surface area contributed by atoms with Crippen molar-refractivity contribution in [2.75, 3.05) is 26.7 Å². The maximum absolute atomic E-state index is 13.5. The third-order valence-corrected chi connectivity index (χ3v) is 7.87. The lowest BCUT2D eigenvalue weighted by atomic mass is 9.95. The topological polar surface area (TPSA) is 79.8 Å². The summed E-state index contributed by atoms with van der Waals surface area (Å²) in [6.07, 6.45) is 1.64. The number of carbonyl (C=O) groups excluding carboxylic acids is 1. The Kier molecular flexibility index (Phi) is 4.24. The van der Waals surface area contributed by atoms with Gasteiger partial charge in [-0.25, -0.2) is 8.42 Å². The Morgan fingerprint density at radius 2 is 1.86 bits per heavy atom. The number of fused-ring (bicyclic) bond motifs is 3. The summed E-state index contributed by atoms with van der Waals surface area (Å²) in [5.41, 5.74) is 1.72. The number of sulfonamides is 1. The van der Waals surface area contributed by atoms with Gasteiger partial charge in [-0.2, -0.15) is 4.31 Å². The van der Waals surface area contributed by atoms with Gasteiger partial charge >= 0.3 is 0 Å². The Morgan fingerprint density at radius 1 is 1.18 bits per heavy atom. The van der Waals surface area contributed by atoms with Crippen LogP contribution in [-0.4, -0.2) is 55.3 Å². The molecule has 1 aromatic carbocycles. The summed E-state index contributed by atoms with van der Waals surface area (Å²) in [7, 11) is -2.17. The van der Waals surface area contributed by atoms with Crippen LogP contribution in [0.5, 0.6) is 5.75 Å². The van der Waals surface area contributed by atoms with Gasteiger partial charge in [-0.3, -0.25) is 9.78 Å². The highest BCUT2D eigenvalue weighted by Gasteiger charge is 2.52. The Morgan fingerprint density at radius 3 is 2.50 bits per heavy atom. The zero-order valence-corrected chi connectivity index (χ0v) is 17.2. The molecule has 148 valence electrons. The summed E-state index contributed by atoms with van der Waals surface area (Å²) < 4.78 is 33.8. The molecule has 2 aliphatic rings. The number of hydrogen-bond acceptors (Lipinski definition) is 5. The molecule has 0 radical (unpaired) electrons. The molecule has 2 aliphatic heterocycles. The van der Waals surface area contributed by atoms with Crippen LogP contribution >= 0.6 is 0 Å². The van der Waals surface area contributed by atoms with E-state index in [0.717, 1.165) is 0 Å². The largest absolute Gasteiger partial charge is 0.497 e. The Labute approximate surface area is 165 Å². The van der Waals surface area contributed by atoms with E-state index in [1.165, 1.54) is 4.31 Å². The maximum Gasteiger partial charge on any atom is 0.256 e. The fourth-order valence-corrected chi connectivity index (χ4v) is 6.35. The molecule has 8 heteroatoms. The van der Waals surface area contributed by atoms with Crippen molar-refractivity contribution in [2.24, 2.45) is 0 Å². The number of pyridine rings is 1. The molecular weight excluding hydrogens is 378 g/mol. The summed E-state index contributed by atoms with van der Waals surface area (Å²) in [4.78, 5) is 19.2. The summed E-state index contributed by atoms with van der Waals surface area (Å²) in [5.74, 6) is 0.546. The summed E-state index contributed by atoms with van der Waals surface area (Å²) >= 11 is 0. The van der Waals surface area contributed by atoms with Crippen molar-refractivity contribution in [1.29, 1.82) is 0 Å². The van der Waals surface area contributed by atoms with Crippen molar-refractivity contribution in [3.8, 4) is 5.75 Å². The number of benzene rings is 1. The molecule has 0 aliphatic carbocycles. The lowest BCUT2D eigenvalue weighted by molar-refractivity contribution is 0.0365. The van der Waals surface area contributed by atoms with Crippen LogP contribution < -0.4 is 4.74 Å². The second-order valence-electron chi connectivity index (χ2n) is 7.56. The highest BCUT2D eigenvalue weighted by atomic mass is 32.2. The normalized spacial score (nSPS) is 22.1. The molecule has 0 spiro atoms. The highest BCUT2D eigenvalue weighted by Crippen LogP contribution is 2.41. The van der Waals surface area contributed by atoms with Gasteiger partial charge in [0.05, 0.1) is 28.8 Å². The van der Waals surface area contributed by atoms with Crippen LogP contribution in [0.15, 0.2) is 35.4 Å². The van der Waals surface area contributed by atoms with Gasteiger partial charge in [0, 0.05) is 25.8 Å². The number of rotatable bonds is 3. The van der Waals surface area contributed by atoms with Gasteiger partial charge in [0.15, 0.2) is 0 Å². The second kappa shape index (κ2) is 6.28. The standard InChI is InChI=1S/C20H23N3O4S/c1-13-10-15(27-4)11-14(2)17(13)28(25,26)22-8-9-23-19(24)16-6-5-7-21-18(16)20(23,3)12-22/h5-7,10-11H,8-9,12H2,1-4H3. The van der Waals surface area contributed by atoms with Gasteiger partial charge < -0.3 is 9.64 Å². The molecule has 1 unspecified atom stereocenters. The fourth-order valence-electron chi connectivity index (χ4n) is 4.42. The molecule has 1 fully saturated rings. The predicted octanol–water partition coefficient (Wildman–Crippen LogP) is 2.08. The molecule has 0 saturated carbocycles. The number of hydrogen-bond donors (Lipinski definition) is 0. The minimum Gasteiger partial charge on any atom is -0.497 e. The summed E-state index contributed by atoms with van der Waals surface area (Å²) in [5, 5.41) is 0. The van der Waals surface area contributed by atoms with Crippen LogP contribution in [0.2, 0.25) is 0 Å². The molecule has 4 rings (SSSR count). The SMILES string of the molecule is COc1cc(C)c(S(=O)(=O)N2CCN3C(=O)c4cccnc4C3(C)C2)c(C)c1. The van der Waals surface area contributed by atoms with Crippen molar-refractivity contribution in [1.82, 2.24) is 14.2 Å². The Balaban J connectivity index is 1.76. The van der Waals surface area contributed by atoms with Crippen molar-refractivity contribution in [2.45, 2.75) is 31.2 Å². The first-order valence-electron chi connectivity index (χ1n) is 9.13. The number of carbonyl (C=O) groups is 1. The zero-order valence-electron chi connectivity index (χ0n) is 16.4. The Hall–Kier alpha value is -2.45. The Bertz CT molecular complexity index is 1060. The number of methoxy groups -OCH3 is 1. The summed E-state index contributed by atoms with van der Waals surface area (Å²) in [6, 6.07) is 6.95. The number of aryl methyl sites for hydroxylation is 2. The molecule has 0 N–H and O–H groups in total. The lowest BCUT2D eigenvalue weighted by Gasteiger charge is -2.44. The molecule has 1 amide bonds. The number of nitrogens with zero attached hydrogens (tertiary/aromatic N) is 3. The van der Waals surface area contributed by atoms with E-state index in [-0.39, 0.29) is 19.0 Å². The highest BCUT2D eigenvalue weighted by molar-refractivity contribution is 7.89. The third-order valence-electron chi connectivity index (χ3n) is 5.71. The number of piperazine rings is 1. The number of amides is 1. The van der Waals surface area contributed by atoms with Crippen LogP contribution in [0.25, 0.3) is 0 Å². The van der Waals surface area contributed by atoms with E-state index >= 15 is 0 Å². The van der Waals surface area contributed by atoms with Crippen molar-refractivity contribution in [3.05, 3.63) is 52.8 Å². The first-order chi connectivity index (χ1) is 13.2. The summed E-state index contributed by atoms with van der Waals surface area (Å²) in [6.45, 7) is 6.20. The van der Waals surface area contributed by atoms with Crippen molar-refractivity contribution in [3.63, 3.8) is 0 Å². The quantitative estimate of drug-likeness (QED) is 0.787. The first kappa shape index (κ1) is 18.9. The molecule has 28 heavy (non-hydrogen) atoms. The van der Waals surface area contributed by atoms with Gasteiger partial charge in [-0.05, 0) is 56.2 Å². The van der Waals surface area contributed by atoms with Gasteiger partial charge in [0.2, 0.25) is 10.0 Å². The van der Waals surface area contributed by atoms with Gasteiger partial charge in [0.25, 0.3) is 5.91 Å². The van der Waals surface area contributed by atoms with Crippen molar-refractivity contribution >= 4 is 15.9 Å². The van der Waals surface area contributed by atoms with Crippen LogP contribution in [-0.2, 0) is 15.6 Å². The van der Waals surface area contributed by atoms with Crippen molar-refractivity contribution < 1.29 is 17.9 Å². The van der Waals surface area contributed by atoms with E-state index in [2.05, 4.69) is 4.98 Å². The van der Waals surface area contributed by atoms with Crippen LogP contribution in [0, 0.1) is 13.8 Å². The molecule has 0 bridgehead atoms. The number of ether oxygens (including phenoxy) is 1. The lowest BCUT2D eigenvalue weighted by Crippen LogP contribution is -2.58. The zero-order chi connectivity index (χ0) is 20.3. The van der Waals surface area contributed by atoms with Gasteiger partial charge in [-0.1, -0.05) is 0 Å². The number of aromatic nitrogens is 1. The van der Waals surface area contributed by atoms with Crippen LogP contribution in [0.1, 0.15) is 34.1 Å². The molecule has 1 saturated heterocycles. The smallest absolute Gasteiger partial charge is 0.256 e. The van der Waals surface area contributed by atoms with Gasteiger partial charge in [-0.15, -0.1) is 0 Å². The van der Waals surface area contributed by atoms with Crippen LogP contribution in [0.3, 0.4) is 0 Å². The minimum absolute atomic E-state index is 0.0838. The second-order valence-corrected chi connectivity index (χ2v) is 9.43. The molecule has 3 heterocycles.